The van der Waals surface area contributed by atoms with Gasteiger partial charge < -0.3 is 4.74 Å². The van der Waals surface area contributed by atoms with Crippen molar-refractivity contribution in [2.75, 3.05) is 6.61 Å². The molecule has 5 heteroatoms. The summed E-state index contributed by atoms with van der Waals surface area (Å²) in [6.07, 6.45) is 0. The predicted octanol–water partition coefficient (Wildman–Crippen LogP) is 4.79. The number of esters is 1. The molecule has 116 valence electrons. The molecule has 0 aliphatic heterocycles. The maximum atomic E-state index is 13.0. The quantitative estimate of drug-likeness (QED) is 0.647. The van der Waals surface area contributed by atoms with E-state index in [4.69, 9.17) is 4.74 Å². The van der Waals surface area contributed by atoms with E-state index in [9.17, 15) is 9.18 Å². The van der Waals surface area contributed by atoms with Crippen molar-refractivity contribution in [3.8, 4) is 21.8 Å². The zero-order chi connectivity index (χ0) is 16.2. The number of halogens is 1. The van der Waals surface area contributed by atoms with Gasteiger partial charge in [0.2, 0.25) is 0 Å². The molecule has 3 aromatic rings. The zero-order valence-electron chi connectivity index (χ0n) is 12.5. The smallest absolute Gasteiger partial charge is 0.338 e. The van der Waals surface area contributed by atoms with E-state index >= 15 is 0 Å². The highest BCUT2D eigenvalue weighted by molar-refractivity contribution is 7.13. The Bertz CT molecular complexity index is 827. The number of benzene rings is 2. The number of hydrogen-bond donors (Lipinski definition) is 0. The van der Waals surface area contributed by atoms with E-state index < -0.39 is 0 Å². The molecule has 0 unspecified atom stereocenters. The Morgan fingerprint density at radius 1 is 1.17 bits per heavy atom. The van der Waals surface area contributed by atoms with Crippen molar-refractivity contribution in [3.63, 3.8) is 0 Å². The minimum absolute atomic E-state index is 0.271. The highest BCUT2D eigenvalue weighted by atomic mass is 32.1. The van der Waals surface area contributed by atoms with Gasteiger partial charge in [-0.3, -0.25) is 0 Å². The van der Waals surface area contributed by atoms with Gasteiger partial charge in [0.1, 0.15) is 10.8 Å². The van der Waals surface area contributed by atoms with Gasteiger partial charge >= 0.3 is 5.97 Å². The second-order valence-corrected chi connectivity index (χ2v) is 5.70. The number of carbonyl (C=O) groups excluding carboxylic acids is 1. The van der Waals surface area contributed by atoms with Crippen LogP contribution in [0.4, 0.5) is 4.39 Å². The maximum absolute atomic E-state index is 13.0. The third-order valence-corrected chi connectivity index (χ3v) is 4.16. The van der Waals surface area contributed by atoms with E-state index in [0.717, 1.165) is 21.8 Å². The summed E-state index contributed by atoms with van der Waals surface area (Å²) >= 11 is 1.48. The van der Waals surface area contributed by atoms with Crippen LogP contribution in [0.15, 0.2) is 53.9 Å². The number of ether oxygens (including phenoxy) is 1. The molecule has 1 aromatic heterocycles. The van der Waals surface area contributed by atoms with Gasteiger partial charge in [-0.2, -0.15) is 0 Å². The van der Waals surface area contributed by atoms with Crippen molar-refractivity contribution in [2.24, 2.45) is 0 Å². The summed E-state index contributed by atoms with van der Waals surface area (Å²) in [5.41, 5.74) is 2.99. The molecule has 0 aliphatic rings. The third kappa shape index (κ3) is 3.46. The summed E-state index contributed by atoms with van der Waals surface area (Å²) in [7, 11) is 0. The lowest BCUT2D eigenvalue weighted by molar-refractivity contribution is 0.0526. The summed E-state index contributed by atoms with van der Waals surface area (Å²) in [4.78, 5) is 16.4. The van der Waals surface area contributed by atoms with Crippen molar-refractivity contribution >= 4 is 17.3 Å². The van der Waals surface area contributed by atoms with Crippen LogP contribution >= 0.6 is 11.3 Å². The molecule has 0 radical (unpaired) electrons. The van der Waals surface area contributed by atoms with Crippen LogP contribution in [0.25, 0.3) is 21.8 Å². The predicted molar refractivity (Wildman–Crippen MR) is 88.9 cm³/mol. The molecule has 3 rings (SSSR count). The lowest BCUT2D eigenvalue weighted by Crippen LogP contribution is -2.04. The second kappa shape index (κ2) is 6.71. The molecule has 1 heterocycles. The molecule has 3 nitrogen and oxygen atoms in total. The second-order valence-electron chi connectivity index (χ2n) is 4.85. The Hall–Kier alpha value is -2.53. The monoisotopic (exact) mass is 327 g/mol. The van der Waals surface area contributed by atoms with Crippen LogP contribution in [0.5, 0.6) is 0 Å². The normalized spacial score (nSPS) is 10.5. The number of hydrogen-bond acceptors (Lipinski definition) is 4. The summed E-state index contributed by atoms with van der Waals surface area (Å²) in [5, 5.41) is 2.73. The molecule has 0 spiro atoms. The Morgan fingerprint density at radius 2 is 1.96 bits per heavy atom. The van der Waals surface area contributed by atoms with Crippen LogP contribution in [-0.4, -0.2) is 17.6 Å². The molecular formula is C18H14FNO2S. The molecule has 0 amide bonds. The van der Waals surface area contributed by atoms with Gasteiger partial charge in [-0.15, -0.1) is 11.3 Å². The molecule has 0 bridgehead atoms. The number of thiazole rings is 1. The molecule has 0 aliphatic carbocycles. The van der Waals surface area contributed by atoms with Crippen molar-refractivity contribution < 1.29 is 13.9 Å². The van der Waals surface area contributed by atoms with E-state index in [-0.39, 0.29) is 11.8 Å². The maximum Gasteiger partial charge on any atom is 0.338 e. The molecule has 0 atom stereocenters. The van der Waals surface area contributed by atoms with Crippen LogP contribution in [0.3, 0.4) is 0 Å². The number of aromatic nitrogens is 1. The van der Waals surface area contributed by atoms with E-state index in [1.54, 1.807) is 37.3 Å². The summed E-state index contributed by atoms with van der Waals surface area (Å²) in [5.74, 6) is -0.615. The average molecular weight is 327 g/mol. The first kappa shape index (κ1) is 15.4. The molecule has 0 saturated heterocycles. The Morgan fingerprint density at radius 3 is 2.70 bits per heavy atom. The average Bonchev–Trinajstić information content (AvgIpc) is 3.06. The first-order chi connectivity index (χ1) is 11.2. The summed E-state index contributed by atoms with van der Waals surface area (Å²) in [6, 6.07) is 13.4. The lowest BCUT2D eigenvalue weighted by atomic mass is 10.1. The van der Waals surface area contributed by atoms with E-state index in [1.807, 2.05) is 11.4 Å². The number of carbonyl (C=O) groups is 1. The van der Waals surface area contributed by atoms with E-state index in [0.29, 0.717) is 12.2 Å². The van der Waals surface area contributed by atoms with Crippen molar-refractivity contribution in [1.82, 2.24) is 4.98 Å². The first-order valence-corrected chi connectivity index (χ1v) is 8.04. The van der Waals surface area contributed by atoms with Gasteiger partial charge in [-0.1, -0.05) is 12.1 Å². The fourth-order valence-corrected chi connectivity index (χ4v) is 2.99. The van der Waals surface area contributed by atoms with Crippen LogP contribution < -0.4 is 0 Å². The van der Waals surface area contributed by atoms with Crippen LogP contribution in [-0.2, 0) is 4.74 Å². The van der Waals surface area contributed by atoms with Gasteiger partial charge in [-0.25, -0.2) is 14.2 Å². The van der Waals surface area contributed by atoms with Crippen molar-refractivity contribution in [1.29, 1.82) is 0 Å². The Balaban J connectivity index is 1.90. The first-order valence-electron chi connectivity index (χ1n) is 7.16. The SMILES string of the molecule is CCOC(=O)c1cccc(-c2csc(-c3ccc(F)cc3)n2)c1. The Labute approximate surface area is 137 Å². The van der Waals surface area contributed by atoms with Gasteiger partial charge in [0, 0.05) is 16.5 Å². The molecule has 0 N–H and O–H groups in total. The van der Waals surface area contributed by atoms with Crippen molar-refractivity contribution in [2.45, 2.75) is 6.92 Å². The van der Waals surface area contributed by atoms with Crippen molar-refractivity contribution in [3.05, 3.63) is 65.3 Å². The molecule has 2 aromatic carbocycles. The number of nitrogens with zero attached hydrogens (tertiary/aromatic N) is 1. The van der Waals surface area contributed by atoms with Crippen LogP contribution in [0.2, 0.25) is 0 Å². The Kier molecular flexibility index (Phi) is 4.48. The minimum Gasteiger partial charge on any atom is -0.462 e. The highest BCUT2D eigenvalue weighted by Crippen LogP contribution is 2.29. The standard InChI is InChI=1S/C18H14FNO2S/c1-2-22-18(21)14-5-3-4-13(10-14)16-11-23-17(20-16)12-6-8-15(19)9-7-12/h3-11H,2H2,1H3. The minimum atomic E-state index is -0.344. The fourth-order valence-electron chi connectivity index (χ4n) is 2.15. The molecule has 23 heavy (non-hydrogen) atoms. The fraction of sp³-hybridized carbons (Fsp3) is 0.111. The molecule has 0 fully saturated rings. The highest BCUT2D eigenvalue weighted by Gasteiger charge is 2.10. The van der Waals surface area contributed by atoms with Crippen LogP contribution in [0.1, 0.15) is 17.3 Å². The number of rotatable bonds is 4. The van der Waals surface area contributed by atoms with E-state index in [1.165, 1.54) is 23.5 Å². The summed E-state index contributed by atoms with van der Waals surface area (Å²) in [6.45, 7) is 2.12. The topological polar surface area (TPSA) is 39.2 Å². The zero-order valence-corrected chi connectivity index (χ0v) is 13.3. The van der Waals surface area contributed by atoms with Gasteiger partial charge in [0.15, 0.2) is 0 Å². The molecular weight excluding hydrogens is 313 g/mol. The largest absolute Gasteiger partial charge is 0.462 e. The third-order valence-electron chi connectivity index (χ3n) is 3.26. The summed E-state index contributed by atoms with van der Waals surface area (Å²) < 4.78 is 18.0. The van der Waals surface area contributed by atoms with Gasteiger partial charge in [0.25, 0.3) is 0 Å². The van der Waals surface area contributed by atoms with Crippen LogP contribution in [0, 0.1) is 5.82 Å². The molecule has 0 saturated carbocycles. The lowest BCUT2D eigenvalue weighted by Gasteiger charge is -2.03. The van der Waals surface area contributed by atoms with Gasteiger partial charge in [-0.05, 0) is 43.3 Å². The van der Waals surface area contributed by atoms with Gasteiger partial charge in [0.05, 0.1) is 17.9 Å². The van der Waals surface area contributed by atoms with E-state index in [2.05, 4.69) is 4.98 Å².